The first-order valence-electron chi connectivity index (χ1n) is 7.20. The molecule has 0 aromatic carbocycles. The van der Waals surface area contributed by atoms with Crippen molar-refractivity contribution in [3.05, 3.63) is 0 Å². The van der Waals surface area contributed by atoms with Crippen LogP contribution in [0.3, 0.4) is 0 Å². The topological polar surface area (TPSA) is 34.1 Å². The Morgan fingerprint density at radius 1 is 0.684 bits per heavy atom. The van der Waals surface area contributed by atoms with Crippen LogP contribution < -0.4 is 0 Å². The summed E-state index contributed by atoms with van der Waals surface area (Å²) in [6.45, 7) is 3.93. The predicted octanol–water partition coefficient (Wildman–Crippen LogP) is 5.05. The van der Waals surface area contributed by atoms with Crippen molar-refractivity contribution < 1.29 is 9.59 Å². The van der Waals surface area contributed by atoms with E-state index in [4.69, 9.17) is 23.2 Å². The summed E-state index contributed by atoms with van der Waals surface area (Å²) in [6, 6.07) is 0. The van der Waals surface area contributed by atoms with Gasteiger partial charge in [-0.1, -0.05) is 46.0 Å². The van der Waals surface area contributed by atoms with Crippen LogP contribution in [0, 0.1) is 10.8 Å². The quantitative estimate of drug-likeness (QED) is 0.669. The van der Waals surface area contributed by atoms with E-state index < -0.39 is 0 Å². The van der Waals surface area contributed by atoms with Gasteiger partial charge in [-0.25, -0.2) is 0 Å². The predicted molar refractivity (Wildman–Crippen MR) is 79.5 cm³/mol. The Balaban J connectivity index is 0.000000191. The molecule has 0 aliphatic heterocycles. The second kappa shape index (κ2) is 7.08. The lowest BCUT2D eigenvalue weighted by atomic mass is 9.77. The third-order valence-electron chi connectivity index (χ3n) is 4.61. The Bertz CT molecular complexity index is 327. The Hall–Kier alpha value is -0.0800. The molecule has 0 spiro atoms. The molecule has 110 valence electrons. The van der Waals surface area contributed by atoms with Gasteiger partial charge in [-0.05, 0) is 48.9 Å². The molecule has 0 N–H and O–H groups in total. The lowest BCUT2D eigenvalue weighted by Crippen LogP contribution is -2.26. The van der Waals surface area contributed by atoms with Gasteiger partial charge >= 0.3 is 0 Å². The van der Waals surface area contributed by atoms with E-state index >= 15 is 0 Å². The van der Waals surface area contributed by atoms with Gasteiger partial charge in [0.05, 0.1) is 0 Å². The van der Waals surface area contributed by atoms with Crippen LogP contribution in [0.15, 0.2) is 0 Å². The van der Waals surface area contributed by atoms with E-state index in [0.717, 1.165) is 51.4 Å². The fourth-order valence-corrected chi connectivity index (χ4v) is 3.26. The highest BCUT2D eigenvalue weighted by Gasteiger charge is 2.34. The van der Waals surface area contributed by atoms with Crippen LogP contribution in [0.4, 0.5) is 0 Å². The van der Waals surface area contributed by atoms with Crippen LogP contribution in [0.2, 0.25) is 0 Å². The molecule has 2 nitrogen and oxygen atoms in total. The third-order valence-corrected chi connectivity index (χ3v) is 5.53. The monoisotopic (exact) mass is 306 g/mol. The summed E-state index contributed by atoms with van der Waals surface area (Å²) >= 11 is 10.8. The summed E-state index contributed by atoms with van der Waals surface area (Å²) in [4.78, 5) is 21.6. The summed E-state index contributed by atoms with van der Waals surface area (Å²) in [5.41, 5.74) is -0.374. The first-order chi connectivity index (χ1) is 8.80. The third kappa shape index (κ3) is 4.75. The number of hydrogen-bond acceptors (Lipinski definition) is 2. The molecule has 2 aliphatic carbocycles. The molecular formula is C15H24Cl2O2. The van der Waals surface area contributed by atoms with E-state index in [1.54, 1.807) is 0 Å². The number of hydrogen-bond donors (Lipinski definition) is 0. The standard InChI is InChI=1S/C8H13ClO.C7H11ClO/c1-8(7(9)10)5-3-2-4-6-8;1-7(6(8)9)4-2-3-5-7/h2-6H2,1H3;2-5H2,1H3. The molecule has 0 aromatic heterocycles. The Labute approximate surface area is 126 Å². The normalized spacial score (nSPS) is 24.2. The van der Waals surface area contributed by atoms with Crippen molar-refractivity contribution in [3.63, 3.8) is 0 Å². The maximum atomic E-state index is 10.9. The number of carbonyl (C=O) groups excluding carboxylic acids is 2. The molecule has 0 heterocycles. The van der Waals surface area contributed by atoms with Gasteiger partial charge in [-0.2, -0.15) is 0 Å². The molecule has 0 radical (unpaired) electrons. The lowest BCUT2D eigenvalue weighted by molar-refractivity contribution is -0.121. The minimum absolute atomic E-state index is 0.146. The maximum absolute atomic E-state index is 10.9. The van der Waals surface area contributed by atoms with Gasteiger partial charge in [-0.3, -0.25) is 9.59 Å². The molecule has 19 heavy (non-hydrogen) atoms. The highest BCUT2D eigenvalue weighted by atomic mass is 35.5. The van der Waals surface area contributed by atoms with Crippen LogP contribution >= 0.6 is 23.2 Å². The van der Waals surface area contributed by atoms with Crippen molar-refractivity contribution in [1.29, 1.82) is 0 Å². The molecule has 4 heteroatoms. The van der Waals surface area contributed by atoms with Crippen LogP contribution in [0.25, 0.3) is 0 Å². The summed E-state index contributed by atoms with van der Waals surface area (Å²) in [5, 5.41) is -0.299. The van der Waals surface area contributed by atoms with E-state index in [1.807, 2.05) is 13.8 Å². The molecule has 2 saturated carbocycles. The lowest BCUT2D eigenvalue weighted by Gasteiger charge is -2.29. The largest absolute Gasteiger partial charge is 0.281 e. The van der Waals surface area contributed by atoms with E-state index in [9.17, 15) is 9.59 Å². The minimum Gasteiger partial charge on any atom is -0.281 e. The van der Waals surface area contributed by atoms with Crippen molar-refractivity contribution in [3.8, 4) is 0 Å². The molecule has 0 bridgehead atoms. The Morgan fingerprint density at radius 2 is 0.947 bits per heavy atom. The van der Waals surface area contributed by atoms with Gasteiger partial charge in [-0.15, -0.1) is 0 Å². The van der Waals surface area contributed by atoms with Crippen molar-refractivity contribution in [2.75, 3.05) is 0 Å². The molecule has 0 amide bonds. The fraction of sp³-hybridized carbons (Fsp3) is 0.867. The highest BCUT2D eigenvalue weighted by molar-refractivity contribution is 6.65. The zero-order valence-electron chi connectivity index (χ0n) is 11.9. The summed E-state index contributed by atoms with van der Waals surface area (Å²) < 4.78 is 0. The summed E-state index contributed by atoms with van der Waals surface area (Å²) in [6.07, 6.45) is 9.84. The number of rotatable bonds is 2. The molecule has 2 aliphatic rings. The molecule has 0 aromatic rings. The summed E-state index contributed by atoms with van der Waals surface area (Å²) in [7, 11) is 0. The van der Waals surface area contributed by atoms with Gasteiger partial charge in [0.15, 0.2) is 0 Å². The van der Waals surface area contributed by atoms with E-state index in [0.29, 0.717) is 0 Å². The van der Waals surface area contributed by atoms with Gasteiger partial charge in [0.25, 0.3) is 0 Å². The van der Waals surface area contributed by atoms with E-state index in [-0.39, 0.29) is 21.3 Å². The molecule has 0 saturated heterocycles. The second-order valence-electron chi connectivity index (χ2n) is 6.44. The minimum atomic E-state index is -0.195. The van der Waals surface area contributed by atoms with E-state index in [1.165, 1.54) is 6.42 Å². The number of halogens is 2. The van der Waals surface area contributed by atoms with Crippen LogP contribution in [-0.2, 0) is 9.59 Å². The number of carbonyl (C=O) groups is 2. The summed E-state index contributed by atoms with van der Waals surface area (Å²) in [5.74, 6) is 0. The van der Waals surface area contributed by atoms with Crippen molar-refractivity contribution >= 4 is 33.7 Å². The van der Waals surface area contributed by atoms with Crippen LogP contribution in [0.5, 0.6) is 0 Å². The zero-order chi connectivity index (χ0) is 14.5. The first-order valence-corrected chi connectivity index (χ1v) is 7.96. The van der Waals surface area contributed by atoms with Crippen LogP contribution in [0.1, 0.15) is 71.6 Å². The molecule has 0 atom stereocenters. The van der Waals surface area contributed by atoms with Gasteiger partial charge in [0.1, 0.15) is 0 Å². The van der Waals surface area contributed by atoms with E-state index in [2.05, 4.69) is 0 Å². The second-order valence-corrected chi connectivity index (χ2v) is 7.12. The maximum Gasteiger partial charge on any atom is 0.227 e. The van der Waals surface area contributed by atoms with Crippen molar-refractivity contribution in [1.82, 2.24) is 0 Å². The van der Waals surface area contributed by atoms with Crippen LogP contribution in [-0.4, -0.2) is 10.5 Å². The molecular weight excluding hydrogens is 283 g/mol. The van der Waals surface area contributed by atoms with Crippen molar-refractivity contribution in [2.24, 2.45) is 10.8 Å². The smallest absolute Gasteiger partial charge is 0.227 e. The SMILES string of the molecule is CC1(C(=O)Cl)CCCC1.CC1(C(=O)Cl)CCCCC1. The first kappa shape index (κ1) is 17.0. The fourth-order valence-electron chi connectivity index (χ4n) is 2.88. The Kier molecular flexibility index (Phi) is 6.32. The highest BCUT2D eigenvalue weighted by Crippen LogP contribution is 2.39. The molecule has 0 unspecified atom stereocenters. The Morgan fingerprint density at radius 3 is 1.16 bits per heavy atom. The molecule has 2 fully saturated rings. The zero-order valence-corrected chi connectivity index (χ0v) is 13.4. The average Bonchev–Trinajstić information content (AvgIpc) is 2.79. The average molecular weight is 307 g/mol. The van der Waals surface area contributed by atoms with Gasteiger partial charge in [0.2, 0.25) is 10.5 Å². The van der Waals surface area contributed by atoms with Crippen molar-refractivity contribution in [2.45, 2.75) is 71.6 Å². The van der Waals surface area contributed by atoms with Gasteiger partial charge in [0, 0.05) is 10.8 Å². The molecule has 2 rings (SSSR count). The van der Waals surface area contributed by atoms with Gasteiger partial charge < -0.3 is 0 Å².